The summed E-state index contributed by atoms with van der Waals surface area (Å²) >= 11 is 0. The van der Waals surface area contributed by atoms with Crippen molar-refractivity contribution in [3.05, 3.63) is 0 Å². The molecule has 0 bridgehead atoms. The van der Waals surface area contributed by atoms with Crippen LogP contribution in [0.15, 0.2) is 0 Å². The van der Waals surface area contributed by atoms with Crippen molar-refractivity contribution >= 4 is 0 Å². The number of hydrogen-bond donors (Lipinski definition) is 0. The maximum Gasteiger partial charge on any atom is 0.0783 e. The van der Waals surface area contributed by atoms with Crippen molar-refractivity contribution < 1.29 is 14.2 Å². The Labute approximate surface area is 81.4 Å². The zero-order valence-corrected chi connectivity index (χ0v) is 9.21. The molecule has 0 N–H and O–H groups in total. The van der Waals surface area contributed by atoms with E-state index in [0.29, 0.717) is 19.8 Å². The second-order valence-electron chi connectivity index (χ2n) is 3.27. The predicted molar refractivity (Wildman–Crippen MR) is 53.0 cm³/mol. The van der Waals surface area contributed by atoms with Crippen molar-refractivity contribution in [2.45, 2.75) is 39.9 Å². The Morgan fingerprint density at radius 3 is 2.15 bits per heavy atom. The van der Waals surface area contributed by atoms with Gasteiger partial charge in [-0.25, -0.2) is 0 Å². The highest BCUT2D eigenvalue weighted by atomic mass is 16.5. The number of ether oxygens (including phenoxy) is 3. The zero-order valence-electron chi connectivity index (χ0n) is 9.21. The minimum Gasteiger partial charge on any atom is -0.379 e. The smallest absolute Gasteiger partial charge is 0.0783 e. The van der Waals surface area contributed by atoms with E-state index in [9.17, 15) is 0 Å². The lowest BCUT2D eigenvalue weighted by molar-refractivity contribution is -0.0445. The van der Waals surface area contributed by atoms with E-state index in [2.05, 4.69) is 0 Å². The quantitative estimate of drug-likeness (QED) is 0.547. The molecule has 0 aromatic heterocycles. The van der Waals surface area contributed by atoms with Crippen LogP contribution in [0.25, 0.3) is 0 Å². The molecule has 13 heavy (non-hydrogen) atoms. The summed E-state index contributed by atoms with van der Waals surface area (Å²) in [7, 11) is 0. The van der Waals surface area contributed by atoms with E-state index in [-0.39, 0.29) is 12.2 Å². The minimum absolute atomic E-state index is 0.168. The summed E-state index contributed by atoms with van der Waals surface area (Å²) in [5.74, 6) is 0. The summed E-state index contributed by atoms with van der Waals surface area (Å²) in [5, 5.41) is 0. The second-order valence-corrected chi connectivity index (χ2v) is 3.27. The van der Waals surface area contributed by atoms with Crippen molar-refractivity contribution in [3.63, 3.8) is 0 Å². The summed E-state index contributed by atoms with van der Waals surface area (Å²) in [6.45, 7) is 10.8. The van der Waals surface area contributed by atoms with Gasteiger partial charge in [0.1, 0.15) is 0 Å². The van der Waals surface area contributed by atoms with Gasteiger partial charge >= 0.3 is 0 Å². The van der Waals surface area contributed by atoms with E-state index >= 15 is 0 Å². The van der Waals surface area contributed by atoms with Crippen molar-refractivity contribution in [1.29, 1.82) is 0 Å². The highest BCUT2D eigenvalue weighted by molar-refractivity contribution is 4.49. The molecule has 0 aliphatic heterocycles. The molecule has 0 saturated heterocycles. The summed E-state index contributed by atoms with van der Waals surface area (Å²) in [6.07, 6.45) is 0.437. The van der Waals surface area contributed by atoms with E-state index in [4.69, 9.17) is 14.2 Å². The Bertz CT molecular complexity index is 104. The van der Waals surface area contributed by atoms with Crippen LogP contribution in [0.3, 0.4) is 0 Å². The first-order valence-electron chi connectivity index (χ1n) is 4.97. The lowest BCUT2D eigenvalue weighted by Crippen LogP contribution is -2.21. The van der Waals surface area contributed by atoms with Crippen LogP contribution < -0.4 is 0 Å². The third-order valence-corrected chi connectivity index (χ3v) is 1.43. The van der Waals surface area contributed by atoms with Crippen LogP contribution >= 0.6 is 0 Å². The number of hydrogen-bond acceptors (Lipinski definition) is 3. The summed E-state index contributed by atoms with van der Waals surface area (Å²) in [6, 6.07) is 0. The largest absolute Gasteiger partial charge is 0.379 e. The van der Waals surface area contributed by atoms with Gasteiger partial charge in [-0.2, -0.15) is 0 Å². The van der Waals surface area contributed by atoms with E-state index in [0.717, 1.165) is 6.61 Å². The van der Waals surface area contributed by atoms with Gasteiger partial charge in [-0.3, -0.25) is 0 Å². The molecule has 0 spiro atoms. The van der Waals surface area contributed by atoms with Crippen molar-refractivity contribution in [3.8, 4) is 0 Å². The molecule has 0 fully saturated rings. The Morgan fingerprint density at radius 1 is 1.00 bits per heavy atom. The molecule has 1 atom stereocenters. The monoisotopic (exact) mass is 190 g/mol. The second kappa shape index (κ2) is 8.48. The third kappa shape index (κ3) is 9.80. The van der Waals surface area contributed by atoms with Crippen LogP contribution in [0.4, 0.5) is 0 Å². The first-order valence-corrected chi connectivity index (χ1v) is 4.97. The summed E-state index contributed by atoms with van der Waals surface area (Å²) in [5.41, 5.74) is 0. The van der Waals surface area contributed by atoms with Gasteiger partial charge in [-0.15, -0.1) is 0 Å². The molecule has 1 unspecified atom stereocenters. The van der Waals surface area contributed by atoms with Gasteiger partial charge in [0.25, 0.3) is 0 Å². The molecule has 80 valence electrons. The zero-order chi connectivity index (χ0) is 10.1. The topological polar surface area (TPSA) is 27.7 Å². The first-order chi connectivity index (χ1) is 6.16. The molecule has 0 heterocycles. The average molecular weight is 190 g/mol. The van der Waals surface area contributed by atoms with E-state index in [1.54, 1.807) is 0 Å². The normalized spacial score (nSPS) is 13.6. The molecule has 0 aromatic rings. The van der Waals surface area contributed by atoms with Gasteiger partial charge in [-0.1, -0.05) is 0 Å². The van der Waals surface area contributed by atoms with Crippen molar-refractivity contribution in [2.24, 2.45) is 0 Å². The average Bonchev–Trinajstić information content (AvgIpc) is 2.02. The first kappa shape index (κ1) is 12.9. The Kier molecular flexibility index (Phi) is 8.40. The lowest BCUT2D eigenvalue weighted by Gasteiger charge is -2.15. The van der Waals surface area contributed by atoms with E-state index in [1.165, 1.54) is 0 Å². The SMILES string of the molecule is CCOCCOCC(C)OC(C)C. The fourth-order valence-electron chi connectivity index (χ4n) is 1.02. The Balaban J connectivity index is 3.12. The fourth-order valence-corrected chi connectivity index (χ4v) is 1.02. The molecule has 3 nitrogen and oxygen atoms in total. The standard InChI is InChI=1S/C10H22O3/c1-5-11-6-7-12-8-10(4)13-9(2)3/h9-10H,5-8H2,1-4H3. The van der Waals surface area contributed by atoms with Crippen LogP contribution in [0.5, 0.6) is 0 Å². The summed E-state index contributed by atoms with van der Waals surface area (Å²) < 4.78 is 16.0. The van der Waals surface area contributed by atoms with Crippen LogP contribution in [0.2, 0.25) is 0 Å². The Hall–Kier alpha value is -0.120. The van der Waals surface area contributed by atoms with Crippen LogP contribution in [-0.2, 0) is 14.2 Å². The molecular weight excluding hydrogens is 168 g/mol. The van der Waals surface area contributed by atoms with E-state index < -0.39 is 0 Å². The molecule has 0 radical (unpaired) electrons. The van der Waals surface area contributed by atoms with Gasteiger partial charge < -0.3 is 14.2 Å². The minimum atomic E-state index is 0.168. The molecule has 0 aliphatic carbocycles. The molecule has 3 heteroatoms. The lowest BCUT2D eigenvalue weighted by atomic mass is 10.4. The van der Waals surface area contributed by atoms with Crippen LogP contribution in [0, 0.1) is 0 Å². The van der Waals surface area contributed by atoms with Gasteiger partial charge in [-0.05, 0) is 27.7 Å². The van der Waals surface area contributed by atoms with Crippen molar-refractivity contribution in [1.82, 2.24) is 0 Å². The van der Waals surface area contributed by atoms with Gasteiger partial charge in [0.2, 0.25) is 0 Å². The van der Waals surface area contributed by atoms with E-state index in [1.807, 2.05) is 27.7 Å². The molecule has 0 rings (SSSR count). The van der Waals surface area contributed by atoms with Gasteiger partial charge in [0, 0.05) is 6.61 Å². The maximum absolute atomic E-state index is 5.49. The Morgan fingerprint density at radius 2 is 1.62 bits per heavy atom. The number of rotatable bonds is 8. The highest BCUT2D eigenvalue weighted by Crippen LogP contribution is 1.97. The molecule has 0 saturated carbocycles. The molecule has 0 amide bonds. The molecule has 0 aromatic carbocycles. The van der Waals surface area contributed by atoms with Crippen LogP contribution in [-0.4, -0.2) is 38.6 Å². The van der Waals surface area contributed by atoms with Gasteiger partial charge in [0.05, 0.1) is 32.0 Å². The molecule has 0 aliphatic rings. The van der Waals surface area contributed by atoms with Crippen LogP contribution in [0.1, 0.15) is 27.7 Å². The van der Waals surface area contributed by atoms with Gasteiger partial charge in [0.15, 0.2) is 0 Å². The summed E-state index contributed by atoms with van der Waals surface area (Å²) in [4.78, 5) is 0. The maximum atomic E-state index is 5.49. The fraction of sp³-hybridized carbons (Fsp3) is 1.00. The highest BCUT2D eigenvalue weighted by Gasteiger charge is 2.03. The molecular formula is C10H22O3. The predicted octanol–water partition coefficient (Wildman–Crippen LogP) is 1.85. The van der Waals surface area contributed by atoms with Crippen molar-refractivity contribution in [2.75, 3.05) is 26.4 Å². The third-order valence-electron chi connectivity index (χ3n) is 1.43.